The third kappa shape index (κ3) is 4.86. The van der Waals surface area contributed by atoms with Crippen LogP contribution in [0.3, 0.4) is 0 Å². The van der Waals surface area contributed by atoms with Gasteiger partial charge in [0, 0.05) is 36.6 Å². The average Bonchev–Trinajstić information content (AvgIpc) is 3.82. The van der Waals surface area contributed by atoms with Gasteiger partial charge in [-0.1, -0.05) is 12.8 Å². The lowest BCUT2D eigenvalue weighted by Crippen LogP contribution is -2.37. The smallest absolute Gasteiger partial charge is 0.254 e. The molecule has 0 spiro atoms. The molecule has 46 heavy (non-hydrogen) atoms. The van der Waals surface area contributed by atoms with E-state index in [1.165, 1.54) is 18.7 Å². The number of rotatable bonds is 7. The van der Waals surface area contributed by atoms with Gasteiger partial charge in [-0.15, -0.1) is 10.2 Å². The van der Waals surface area contributed by atoms with Crippen LogP contribution in [0.2, 0.25) is 0 Å². The summed E-state index contributed by atoms with van der Waals surface area (Å²) in [6.45, 7) is 2.32. The van der Waals surface area contributed by atoms with Gasteiger partial charge in [0.2, 0.25) is 17.0 Å². The number of aromatic amines is 1. The van der Waals surface area contributed by atoms with E-state index >= 15 is 0 Å². The minimum absolute atomic E-state index is 0.136. The van der Waals surface area contributed by atoms with Crippen molar-refractivity contribution < 1.29 is 23.5 Å². The minimum Gasteiger partial charge on any atom is -0.456 e. The van der Waals surface area contributed by atoms with Gasteiger partial charge in [-0.2, -0.15) is 0 Å². The van der Waals surface area contributed by atoms with Crippen molar-refractivity contribution >= 4 is 45.5 Å². The van der Waals surface area contributed by atoms with Crippen molar-refractivity contribution in [2.45, 2.75) is 44.2 Å². The van der Waals surface area contributed by atoms with Gasteiger partial charge in [0.15, 0.2) is 17.1 Å². The number of nitrogens with two attached hydrogens (primary N) is 1. The summed E-state index contributed by atoms with van der Waals surface area (Å²) in [7, 11) is 0. The average molecular weight is 625 g/mol. The first kappa shape index (κ1) is 28.3. The number of carbonyl (C=O) groups excluding carboxylic acids is 1. The number of aliphatic hydroxyl groups is 1. The standard InChI is InChI=1S/C32H32N8O6/c33-30(43)27-23(37-32(40-16-35-38-31(27)40)36-21-3-1-2-4-24(21)41)13-17-11-19(18-5-6-34-22(18)12-17)20-15-45-29-25(42)14-26(46-28(20)29)39-7-9-44-10-8-39/h5-6,11-12,14-16,21,24,34,41H,1-4,7-10,13H2,(H2,33,43)(H,36,37)/t21-,24+/m1/s1. The fraction of sp³-hybridized carbons (Fsp3) is 0.344. The van der Waals surface area contributed by atoms with E-state index in [2.05, 4.69) is 20.5 Å². The number of nitrogens with zero attached hydrogens (tertiary/aromatic N) is 5. The first-order valence-electron chi connectivity index (χ1n) is 15.4. The molecule has 14 heteroatoms. The van der Waals surface area contributed by atoms with Crippen LogP contribution in [0, 0.1) is 0 Å². The SMILES string of the molecule is NC(=O)c1c(Cc2cc(-c3coc4c(=O)cc(N5CCOCC5)oc34)c3cc[nH]c3c2)nc(N[C@@H]2CCCC[C@@H]2O)n2cnnc12. The summed E-state index contributed by atoms with van der Waals surface area (Å²) < 4.78 is 19.2. The molecule has 14 nitrogen and oxygen atoms in total. The number of aliphatic hydroxyl groups excluding tert-OH is 1. The Morgan fingerprint density at radius 1 is 1.13 bits per heavy atom. The predicted molar refractivity (Wildman–Crippen MR) is 169 cm³/mol. The molecule has 8 rings (SSSR count). The van der Waals surface area contributed by atoms with Crippen LogP contribution in [0.1, 0.15) is 47.3 Å². The van der Waals surface area contributed by atoms with Gasteiger partial charge in [-0.3, -0.25) is 14.0 Å². The predicted octanol–water partition coefficient (Wildman–Crippen LogP) is 3.21. The van der Waals surface area contributed by atoms with E-state index in [0.717, 1.165) is 41.3 Å². The molecule has 236 valence electrons. The highest BCUT2D eigenvalue weighted by Crippen LogP contribution is 2.37. The molecule has 0 radical (unpaired) electrons. The molecule has 1 aliphatic carbocycles. The maximum atomic E-state index is 13.1. The fourth-order valence-corrected chi connectivity index (χ4v) is 6.66. The number of amides is 1. The first-order valence-corrected chi connectivity index (χ1v) is 15.4. The monoisotopic (exact) mass is 624 g/mol. The Balaban J connectivity index is 1.24. The number of benzene rings is 1. The van der Waals surface area contributed by atoms with Gasteiger partial charge in [0.25, 0.3) is 5.91 Å². The van der Waals surface area contributed by atoms with E-state index in [9.17, 15) is 14.7 Å². The molecule has 2 atom stereocenters. The number of hydrogen-bond acceptors (Lipinski definition) is 11. The third-order valence-electron chi connectivity index (χ3n) is 8.96. The second-order valence-corrected chi connectivity index (χ2v) is 11.9. The van der Waals surface area contributed by atoms with E-state index in [1.54, 1.807) is 4.40 Å². The highest BCUT2D eigenvalue weighted by Gasteiger charge is 2.27. The molecule has 1 saturated carbocycles. The Morgan fingerprint density at radius 3 is 2.80 bits per heavy atom. The summed E-state index contributed by atoms with van der Waals surface area (Å²) in [4.78, 5) is 36.0. The van der Waals surface area contributed by atoms with Gasteiger partial charge < -0.3 is 39.6 Å². The largest absolute Gasteiger partial charge is 0.456 e. The maximum Gasteiger partial charge on any atom is 0.254 e. The van der Waals surface area contributed by atoms with Crippen LogP contribution in [0.25, 0.3) is 38.8 Å². The van der Waals surface area contributed by atoms with E-state index < -0.39 is 12.0 Å². The lowest BCUT2D eigenvalue weighted by Gasteiger charge is -2.29. The number of H-pyrrole nitrogens is 1. The molecule has 1 aliphatic heterocycles. The van der Waals surface area contributed by atoms with Crippen molar-refractivity contribution in [1.82, 2.24) is 24.6 Å². The topological polar surface area (TPSA) is 190 Å². The Morgan fingerprint density at radius 2 is 1.98 bits per heavy atom. The number of hydrogen-bond donors (Lipinski definition) is 4. The normalized spacial score (nSPS) is 18.9. The molecule has 5 N–H and O–H groups in total. The third-order valence-corrected chi connectivity index (χ3v) is 8.96. The van der Waals surface area contributed by atoms with Crippen LogP contribution >= 0.6 is 0 Å². The summed E-state index contributed by atoms with van der Waals surface area (Å²) in [5.41, 5.74) is 10.0. The number of fused-ring (bicyclic) bond motifs is 3. The van der Waals surface area contributed by atoms with E-state index in [1.807, 2.05) is 29.3 Å². The Labute approximate surface area is 261 Å². The Kier molecular flexibility index (Phi) is 6.95. The number of ether oxygens (including phenoxy) is 1. The lowest BCUT2D eigenvalue weighted by atomic mass is 9.93. The van der Waals surface area contributed by atoms with Crippen molar-refractivity contribution in [2.75, 3.05) is 36.5 Å². The Bertz CT molecular complexity index is 2160. The highest BCUT2D eigenvalue weighted by atomic mass is 16.5. The number of aromatic nitrogens is 5. The quantitative estimate of drug-likeness (QED) is 0.204. The molecule has 2 aliphatic rings. The zero-order valence-electron chi connectivity index (χ0n) is 24.9. The van der Waals surface area contributed by atoms with Crippen molar-refractivity contribution in [3.8, 4) is 11.1 Å². The molecule has 6 heterocycles. The molecule has 5 aromatic heterocycles. The number of furan rings is 1. The molecule has 0 unspecified atom stereocenters. The summed E-state index contributed by atoms with van der Waals surface area (Å²) in [5.74, 6) is 0.208. The second kappa shape index (κ2) is 11.3. The van der Waals surface area contributed by atoms with Gasteiger partial charge in [-0.05, 0) is 42.2 Å². The zero-order valence-corrected chi connectivity index (χ0v) is 24.9. The van der Waals surface area contributed by atoms with Crippen LogP contribution in [0.15, 0.2) is 56.7 Å². The van der Waals surface area contributed by atoms with Crippen LogP contribution in [-0.2, 0) is 11.2 Å². The van der Waals surface area contributed by atoms with E-state index in [0.29, 0.717) is 61.4 Å². The molecular formula is C32H32N8O6. The molecule has 1 amide bonds. The number of carbonyl (C=O) groups is 1. The van der Waals surface area contributed by atoms with Crippen LogP contribution in [0.5, 0.6) is 0 Å². The summed E-state index contributed by atoms with van der Waals surface area (Å²) in [5, 5.41) is 23.1. The lowest BCUT2D eigenvalue weighted by molar-refractivity contribution is 0.0999. The summed E-state index contributed by atoms with van der Waals surface area (Å²) in [6.07, 6.45) is 7.99. The van der Waals surface area contributed by atoms with Crippen LogP contribution in [0.4, 0.5) is 11.8 Å². The second-order valence-electron chi connectivity index (χ2n) is 11.9. The van der Waals surface area contributed by atoms with Gasteiger partial charge in [0.1, 0.15) is 18.2 Å². The maximum absolute atomic E-state index is 13.1. The molecular weight excluding hydrogens is 592 g/mol. The van der Waals surface area contributed by atoms with Gasteiger partial charge in [-0.25, -0.2) is 4.98 Å². The molecule has 6 aromatic rings. The highest BCUT2D eigenvalue weighted by molar-refractivity contribution is 6.03. The summed E-state index contributed by atoms with van der Waals surface area (Å²) >= 11 is 0. The van der Waals surface area contributed by atoms with Crippen molar-refractivity contribution in [3.05, 3.63) is 70.1 Å². The molecule has 0 bridgehead atoms. The number of nitrogens with one attached hydrogen (secondary N) is 2. The van der Waals surface area contributed by atoms with Crippen molar-refractivity contribution in [2.24, 2.45) is 5.73 Å². The Hall–Kier alpha value is -5.21. The number of morpholine rings is 1. The zero-order chi connectivity index (χ0) is 31.4. The molecule has 1 saturated heterocycles. The minimum atomic E-state index is -0.677. The van der Waals surface area contributed by atoms with Crippen molar-refractivity contribution in [3.63, 3.8) is 0 Å². The van der Waals surface area contributed by atoms with Crippen molar-refractivity contribution in [1.29, 1.82) is 0 Å². The molecule has 1 aromatic carbocycles. The van der Waals surface area contributed by atoms with E-state index in [4.69, 9.17) is 24.3 Å². The molecule has 2 fully saturated rings. The van der Waals surface area contributed by atoms with E-state index in [-0.39, 0.29) is 34.7 Å². The number of anilines is 2. The van der Waals surface area contributed by atoms with Crippen LogP contribution < -0.4 is 21.4 Å². The summed E-state index contributed by atoms with van der Waals surface area (Å²) in [6, 6.07) is 7.16. The number of primary amides is 1. The van der Waals surface area contributed by atoms with Gasteiger partial charge >= 0.3 is 0 Å². The first-order chi connectivity index (χ1) is 22.4. The van der Waals surface area contributed by atoms with Crippen LogP contribution in [-0.4, -0.2) is 74.0 Å². The van der Waals surface area contributed by atoms with Gasteiger partial charge in [0.05, 0.1) is 42.7 Å². The fourth-order valence-electron chi connectivity index (χ4n) is 6.66.